The van der Waals surface area contributed by atoms with Crippen molar-refractivity contribution in [3.05, 3.63) is 65.5 Å². The number of halogens is 1. The second kappa shape index (κ2) is 8.32. The Morgan fingerprint density at radius 1 is 1.12 bits per heavy atom. The molecule has 1 amide bonds. The van der Waals surface area contributed by atoms with Crippen LogP contribution in [0.2, 0.25) is 0 Å². The molecule has 1 fully saturated rings. The van der Waals surface area contributed by atoms with Gasteiger partial charge in [-0.1, -0.05) is 12.1 Å². The first-order valence-corrected chi connectivity index (χ1v) is 8.95. The van der Waals surface area contributed by atoms with E-state index in [1.54, 1.807) is 4.90 Å². The maximum absolute atomic E-state index is 13.2. The topological polar surface area (TPSA) is 32.8 Å². The number of nitrogens with zero attached hydrogens (tertiary/aromatic N) is 2. The zero-order valence-electron chi connectivity index (χ0n) is 15.3. The molecule has 2 aromatic rings. The van der Waals surface area contributed by atoms with Crippen LogP contribution in [0.1, 0.15) is 28.8 Å². The molecule has 0 saturated carbocycles. The van der Waals surface area contributed by atoms with E-state index >= 15 is 0 Å². The van der Waals surface area contributed by atoms with Crippen LogP contribution in [0, 0.1) is 5.82 Å². The minimum atomic E-state index is -0.341. The van der Waals surface area contributed by atoms with Crippen molar-refractivity contribution in [3.63, 3.8) is 0 Å². The van der Waals surface area contributed by atoms with E-state index in [4.69, 9.17) is 4.74 Å². The van der Waals surface area contributed by atoms with Gasteiger partial charge in [0.15, 0.2) is 0 Å². The molecule has 0 radical (unpaired) electrons. The van der Waals surface area contributed by atoms with Gasteiger partial charge in [0, 0.05) is 45.0 Å². The Hall–Kier alpha value is -2.40. The molecular weight excluding hydrogens is 331 g/mol. The van der Waals surface area contributed by atoms with E-state index in [1.807, 2.05) is 43.3 Å². The molecule has 3 rings (SSSR count). The maximum atomic E-state index is 13.2. The average molecular weight is 356 g/mol. The molecule has 0 aromatic heterocycles. The van der Waals surface area contributed by atoms with Gasteiger partial charge < -0.3 is 14.5 Å². The minimum absolute atomic E-state index is 0.0699. The molecule has 138 valence electrons. The highest BCUT2D eigenvalue weighted by atomic mass is 19.1. The Labute approximate surface area is 154 Å². The van der Waals surface area contributed by atoms with Gasteiger partial charge in [0.05, 0.1) is 6.10 Å². The number of amides is 1. The lowest BCUT2D eigenvalue weighted by Crippen LogP contribution is -2.37. The van der Waals surface area contributed by atoms with Gasteiger partial charge in [-0.15, -0.1) is 0 Å². The van der Waals surface area contributed by atoms with Crippen LogP contribution in [-0.2, 0) is 11.3 Å². The van der Waals surface area contributed by atoms with Crippen molar-refractivity contribution in [2.45, 2.75) is 25.5 Å². The van der Waals surface area contributed by atoms with Crippen molar-refractivity contribution in [2.24, 2.45) is 0 Å². The van der Waals surface area contributed by atoms with Crippen LogP contribution in [0.3, 0.4) is 0 Å². The first-order valence-electron chi connectivity index (χ1n) is 8.95. The number of benzene rings is 2. The van der Waals surface area contributed by atoms with Gasteiger partial charge >= 0.3 is 0 Å². The number of hydrogen-bond acceptors (Lipinski definition) is 3. The average Bonchev–Trinajstić information content (AvgIpc) is 3.15. The summed E-state index contributed by atoms with van der Waals surface area (Å²) in [6, 6.07) is 13.9. The minimum Gasteiger partial charge on any atom is -0.378 e. The smallest absolute Gasteiger partial charge is 0.254 e. The fourth-order valence-electron chi connectivity index (χ4n) is 3.15. The zero-order chi connectivity index (χ0) is 18.5. The molecule has 5 heteroatoms. The number of carbonyl (C=O) groups is 1. The summed E-state index contributed by atoms with van der Waals surface area (Å²) in [5, 5.41) is 0. The Bertz CT molecular complexity index is 723. The van der Waals surface area contributed by atoms with Gasteiger partial charge in [-0.05, 0) is 54.8 Å². The van der Waals surface area contributed by atoms with Gasteiger partial charge in [-0.2, -0.15) is 0 Å². The molecule has 0 N–H and O–H groups in total. The van der Waals surface area contributed by atoms with Gasteiger partial charge in [-0.3, -0.25) is 4.79 Å². The third kappa shape index (κ3) is 4.61. The zero-order valence-corrected chi connectivity index (χ0v) is 15.3. The van der Waals surface area contributed by atoms with Crippen molar-refractivity contribution in [2.75, 3.05) is 32.1 Å². The predicted molar refractivity (Wildman–Crippen MR) is 101 cm³/mol. The Balaban J connectivity index is 1.77. The van der Waals surface area contributed by atoms with E-state index in [0.717, 1.165) is 30.7 Å². The molecule has 2 aromatic carbocycles. The number of rotatable bonds is 6. The fraction of sp³-hybridized carbons (Fsp3) is 0.381. The molecular formula is C21H25FN2O2. The van der Waals surface area contributed by atoms with Gasteiger partial charge in [0.1, 0.15) is 5.82 Å². The molecule has 1 heterocycles. The molecule has 1 aliphatic heterocycles. The normalized spacial score (nSPS) is 16.5. The summed E-state index contributed by atoms with van der Waals surface area (Å²) in [6.45, 7) is 1.80. The van der Waals surface area contributed by atoms with Crippen LogP contribution in [-0.4, -0.2) is 44.2 Å². The summed E-state index contributed by atoms with van der Waals surface area (Å²) in [5.41, 5.74) is 2.67. The van der Waals surface area contributed by atoms with Crippen LogP contribution >= 0.6 is 0 Å². The standard InChI is InChI=1S/C21H25FN2O2/c1-23(2)19-11-5-16(6-12-19)14-24(15-20-4-3-13-26-20)21(25)17-7-9-18(22)10-8-17/h5-12,20H,3-4,13-15H2,1-2H3/t20-/m1/s1. The van der Waals surface area contributed by atoms with Gasteiger partial charge in [0.25, 0.3) is 5.91 Å². The molecule has 1 aliphatic rings. The van der Waals surface area contributed by atoms with Crippen molar-refractivity contribution in [1.29, 1.82) is 0 Å². The maximum Gasteiger partial charge on any atom is 0.254 e. The monoisotopic (exact) mass is 356 g/mol. The Morgan fingerprint density at radius 2 is 1.81 bits per heavy atom. The van der Waals surface area contributed by atoms with Crippen LogP contribution < -0.4 is 4.90 Å². The van der Waals surface area contributed by atoms with Crippen molar-refractivity contribution < 1.29 is 13.9 Å². The number of anilines is 1. The quantitative estimate of drug-likeness (QED) is 0.791. The van der Waals surface area contributed by atoms with E-state index in [-0.39, 0.29) is 17.8 Å². The molecule has 1 saturated heterocycles. The van der Waals surface area contributed by atoms with Gasteiger partial charge in [-0.25, -0.2) is 4.39 Å². The molecule has 1 atom stereocenters. The third-order valence-electron chi connectivity index (χ3n) is 4.65. The molecule has 0 aliphatic carbocycles. The highest BCUT2D eigenvalue weighted by Gasteiger charge is 2.23. The molecule has 26 heavy (non-hydrogen) atoms. The second-order valence-electron chi connectivity index (χ2n) is 6.89. The molecule has 4 nitrogen and oxygen atoms in total. The summed E-state index contributed by atoms with van der Waals surface area (Å²) < 4.78 is 18.9. The predicted octanol–water partition coefficient (Wildman–Crippen LogP) is 3.71. The van der Waals surface area contributed by atoms with Crippen LogP contribution in [0.4, 0.5) is 10.1 Å². The van der Waals surface area contributed by atoms with Gasteiger partial charge in [0.2, 0.25) is 0 Å². The lowest BCUT2D eigenvalue weighted by atomic mass is 10.1. The van der Waals surface area contributed by atoms with Crippen LogP contribution in [0.15, 0.2) is 48.5 Å². The van der Waals surface area contributed by atoms with E-state index < -0.39 is 0 Å². The summed E-state index contributed by atoms with van der Waals surface area (Å²) in [7, 11) is 3.99. The molecule has 0 spiro atoms. The second-order valence-corrected chi connectivity index (χ2v) is 6.89. The summed E-state index contributed by atoms with van der Waals surface area (Å²) in [4.78, 5) is 16.8. The highest BCUT2D eigenvalue weighted by molar-refractivity contribution is 5.94. The molecule has 0 bridgehead atoms. The lowest BCUT2D eigenvalue weighted by Gasteiger charge is -2.26. The Morgan fingerprint density at radius 3 is 2.38 bits per heavy atom. The van der Waals surface area contributed by atoms with E-state index in [2.05, 4.69) is 0 Å². The SMILES string of the molecule is CN(C)c1ccc(CN(C[C@H]2CCCO2)C(=O)c2ccc(F)cc2)cc1. The molecule has 0 unspecified atom stereocenters. The summed E-state index contributed by atoms with van der Waals surface area (Å²) >= 11 is 0. The van der Waals surface area contributed by atoms with E-state index in [1.165, 1.54) is 24.3 Å². The van der Waals surface area contributed by atoms with Crippen molar-refractivity contribution in [1.82, 2.24) is 4.90 Å². The first-order chi connectivity index (χ1) is 12.5. The number of carbonyl (C=O) groups excluding carboxylic acids is 1. The summed E-state index contributed by atoms with van der Waals surface area (Å²) in [5.74, 6) is -0.441. The van der Waals surface area contributed by atoms with Crippen molar-refractivity contribution >= 4 is 11.6 Å². The summed E-state index contributed by atoms with van der Waals surface area (Å²) in [6.07, 6.45) is 2.06. The number of hydrogen-bond donors (Lipinski definition) is 0. The third-order valence-corrected chi connectivity index (χ3v) is 4.65. The van der Waals surface area contributed by atoms with Crippen LogP contribution in [0.5, 0.6) is 0 Å². The highest BCUT2D eigenvalue weighted by Crippen LogP contribution is 2.19. The largest absolute Gasteiger partial charge is 0.378 e. The Kier molecular flexibility index (Phi) is 5.89. The van der Waals surface area contributed by atoms with Crippen LogP contribution in [0.25, 0.3) is 0 Å². The van der Waals surface area contributed by atoms with Crippen molar-refractivity contribution in [3.8, 4) is 0 Å². The fourth-order valence-corrected chi connectivity index (χ4v) is 3.15. The lowest BCUT2D eigenvalue weighted by molar-refractivity contribution is 0.0507. The first kappa shape index (κ1) is 18.4. The van der Waals surface area contributed by atoms with E-state index in [9.17, 15) is 9.18 Å². The van der Waals surface area contributed by atoms with E-state index in [0.29, 0.717) is 18.7 Å². The number of ether oxygens (including phenoxy) is 1.